The summed E-state index contributed by atoms with van der Waals surface area (Å²) >= 11 is 1.62. The van der Waals surface area contributed by atoms with Crippen LogP contribution in [0, 0.1) is 13.8 Å². The average molecular weight is 329 g/mol. The third-order valence-electron chi connectivity index (χ3n) is 3.01. The number of thioether (sulfide) groups is 1. The molecule has 7 heteroatoms. The van der Waals surface area contributed by atoms with E-state index in [2.05, 4.69) is 36.2 Å². The molecule has 0 saturated heterocycles. The van der Waals surface area contributed by atoms with Gasteiger partial charge >= 0.3 is 0 Å². The largest absolute Gasteiger partial charge is 0.492 e. The Morgan fingerprint density at radius 3 is 2.67 bits per heavy atom. The summed E-state index contributed by atoms with van der Waals surface area (Å²) in [6, 6.07) is 6.20. The van der Waals surface area contributed by atoms with E-state index in [1.165, 1.54) is 11.1 Å². The van der Waals surface area contributed by atoms with Gasteiger partial charge in [0.15, 0.2) is 5.16 Å². The van der Waals surface area contributed by atoms with Crippen LogP contribution in [-0.4, -0.2) is 27.1 Å². The highest BCUT2D eigenvalue weighted by molar-refractivity contribution is 7.99. The quantitative estimate of drug-likeness (QED) is 0.652. The summed E-state index contributed by atoms with van der Waals surface area (Å²) in [6.45, 7) is 5.18. The molecule has 1 aromatic carbocycles. The van der Waals surface area contributed by atoms with Gasteiger partial charge in [-0.05, 0) is 25.5 Å². The number of benzene rings is 1. The molecule has 1 aromatic heterocycles. The van der Waals surface area contributed by atoms with Gasteiger partial charge in [0, 0.05) is 12.8 Å². The number of rotatable bonds is 6. The molecule has 0 unspecified atom stereocenters. The van der Waals surface area contributed by atoms with Crippen LogP contribution in [-0.2, 0) is 13.6 Å². The maximum Gasteiger partial charge on any atom is 0.191 e. The highest BCUT2D eigenvalue weighted by atomic mass is 35.5. The van der Waals surface area contributed by atoms with E-state index in [0.29, 0.717) is 13.2 Å². The van der Waals surface area contributed by atoms with Gasteiger partial charge in [-0.15, -0.1) is 22.6 Å². The van der Waals surface area contributed by atoms with Crippen LogP contribution in [0.15, 0.2) is 23.4 Å². The van der Waals surface area contributed by atoms with E-state index in [1.54, 1.807) is 11.8 Å². The third-order valence-corrected chi connectivity index (χ3v) is 3.99. The molecule has 116 valence electrons. The van der Waals surface area contributed by atoms with Crippen molar-refractivity contribution < 1.29 is 4.74 Å². The van der Waals surface area contributed by atoms with Crippen molar-refractivity contribution in [2.24, 2.45) is 12.8 Å². The van der Waals surface area contributed by atoms with Crippen molar-refractivity contribution in [2.75, 3.05) is 12.4 Å². The Kier molecular flexibility index (Phi) is 7.01. The Hall–Kier alpha value is -1.24. The molecule has 21 heavy (non-hydrogen) atoms. The smallest absolute Gasteiger partial charge is 0.191 e. The maximum absolute atomic E-state index is 5.78. The molecule has 2 N–H and O–H groups in total. The molecular weight excluding hydrogens is 308 g/mol. The summed E-state index contributed by atoms with van der Waals surface area (Å²) in [4.78, 5) is 0. The van der Waals surface area contributed by atoms with Crippen LogP contribution in [0.25, 0.3) is 0 Å². The zero-order valence-corrected chi connectivity index (χ0v) is 14.1. The molecule has 0 radical (unpaired) electrons. The van der Waals surface area contributed by atoms with Gasteiger partial charge in [-0.1, -0.05) is 29.5 Å². The van der Waals surface area contributed by atoms with Crippen LogP contribution in [0.3, 0.4) is 0 Å². The Labute approximate surface area is 135 Å². The molecule has 1 heterocycles. The van der Waals surface area contributed by atoms with Crippen molar-refractivity contribution in [2.45, 2.75) is 25.5 Å². The lowest BCUT2D eigenvalue weighted by molar-refractivity contribution is 0.341. The minimum Gasteiger partial charge on any atom is -0.492 e. The summed E-state index contributed by atoms with van der Waals surface area (Å²) in [7, 11) is 1.93. The van der Waals surface area contributed by atoms with Gasteiger partial charge < -0.3 is 15.0 Å². The van der Waals surface area contributed by atoms with Crippen LogP contribution in [0.1, 0.15) is 17.0 Å². The predicted octanol–water partition coefficient (Wildman–Crippen LogP) is 2.48. The number of nitrogens with zero attached hydrogens (tertiary/aromatic N) is 3. The number of nitrogens with two attached hydrogens (primary N) is 1. The van der Waals surface area contributed by atoms with Crippen molar-refractivity contribution in [1.29, 1.82) is 0 Å². The molecule has 2 rings (SSSR count). The van der Waals surface area contributed by atoms with Crippen LogP contribution in [0.2, 0.25) is 0 Å². The third kappa shape index (κ3) is 4.62. The fraction of sp³-hybridized carbons (Fsp3) is 0.429. The van der Waals surface area contributed by atoms with Gasteiger partial charge in [0.2, 0.25) is 0 Å². The topological polar surface area (TPSA) is 66.0 Å². The van der Waals surface area contributed by atoms with Crippen molar-refractivity contribution in [3.8, 4) is 5.75 Å². The van der Waals surface area contributed by atoms with Gasteiger partial charge in [-0.2, -0.15) is 0 Å². The van der Waals surface area contributed by atoms with Crippen LogP contribution < -0.4 is 10.5 Å². The van der Waals surface area contributed by atoms with Crippen LogP contribution >= 0.6 is 24.2 Å². The lowest BCUT2D eigenvalue weighted by Crippen LogP contribution is -2.06. The molecular formula is C14H21ClN4OS. The highest BCUT2D eigenvalue weighted by Gasteiger charge is 2.07. The summed E-state index contributed by atoms with van der Waals surface area (Å²) in [5, 5.41) is 8.99. The normalized spacial score (nSPS) is 10.3. The zero-order valence-electron chi connectivity index (χ0n) is 12.5. The average Bonchev–Trinajstić information content (AvgIpc) is 2.77. The standard InChI is InChI=1S/C14H20N4OS.ClH/c1-10-4-5-12(11(2)8-10)19-6-7-20-14-17-16-13(9-15)18(14)3;/h4-5,8H,6-7,9,15H2,1-3H3;1H. The fourth-order valence-electron chi connectivity index (χ4n) is 1.89. The molecule has 2 aromatic rings. The van der Waals surface area contributed by atoms with E-state index in [-0.39, 0.29) is 12.4 Å². The van der Waals surface area contributed by atoms with Crippen molar-refractivity contribution in [1.82, 2.24) is 14.8 Å². The van der Waals surface area contributed by atoms with E-state index >= 15 is 0 Å². The van der Waals surface area contributed by atoms with Gasteiger partial charge in [0.25, 0.3) is 0 Å². The van der Waals surface area contributed by atoms with Crippen molar-refractivity contribution in [3.05, 3.63) is 35.2 Å². The number of ether oxygens (including phenoxy) is 1. The Bertz CT molecular complexity index is 588. The van der Waals surface area contributed by atoms with Crippen molar-refractivity contribution >= 4 is 24.2 Å². The number of aryl methyl sites for hydroxylation is 2. The van der Waals surface area contributed by atoms with Gasteiger partial charge in [-0.3, -0.25) is 0 Å². The molecule has 0 saturated carbocycles. The molecule has 0 spiro atoms. The second-order valence-electron chi connectivity index (χ2n) is 4.63. The minimum absolute atomic E-state index is 0. The molecule has 0 atom stereocenters. The van der Waals surface area contributed by atoms with E-state index in [9.17, 15) is 0 Å². The molecule has 0 aliphatic rings. The highest BCUT2D eigenvalue weighted by Crippen LogP contribution is 2.20. The summed E-state index contributed by atoms with van der Waals surface area (Å²) in [6.07, 6.45) is 0. The SMILES string of the molecule is Cc1ccc(OCCSc2nnc(CN)n2C)c(C)c1.Cl. The fourth-order valence-corrected chi connectivity index (χ4v) is 2.64. The first-order valence-corrected chi connectivity index (χ1v) is 7.51. The number of halogens is 1. The molecule has 0 aliphatic heterocycles. The van der Waals surface area contributed by atoms with Gasteiger partial charge in [-0.25, -0.2) is 0 Å². The van der Waals surface area contributed by atoms with E-state index in [1.807, 2.05) is 17.7 Å². The second-order valence-corrected chi connectivity index (χ2v) is 5.69. The maximum atomic E-state index is 5.78. The van der Waals surface area contributed by atoms with Gasteiger partial charge in [0.1, 0.15) is 11.6 Å². The van der Waals surface area contributed by atoms with Crippen LogP contribution in [0.4, 0.5) is 0 Å². The lowest BCUT2D eigenvalue weighted by Gasteiger charge is -2.09. The molecule has 0 fully saturated rings. The summed E-state index contributed by atoms with van der Waals surface area (Å²) in [5.74, 6) is 2.56. The first-order valence-electron chi connectivity index (χ1n) is 6.53. The summed E-state index contributed by atoms with van der Waals surface area (Å²) < 4.78 is 7.70. The Balaban J connectivity index is 0.00000220. The monoisotopic (exact) mass is 328 g/mol. The van der Waals surface area contributed by atoms with E-state index in [0.717, 1.165) is 22.5 Å². The molecule has 0 aliphatic carbocycles. The summed E-state index contributed by atoms with van der Waals surface area (Å²) in [5.41, 5.74) is 7.98. The first-order chi connectivity index (χ1) is 9.61. The predicted molar refractivity (Wildman–Crippen MR) is 88.3 cm³/mol. The number of hydrogen-bond acceptors (Lipinski definition) is 5. The van der Waals surface area contributed by atoms with Crippen molar-refractivity contribution in [3.63, 3.8) is 0 Å². The second kappa shape index (κ2) is 8.26. The zero-order chi connectivity index (χ0) is 14.5. The lowest BCUT2D eigenvalue weighted by atomic mass is 10.1. The molecule has 5 nitrogen and oxygen atoms in total. The van der Waals surface area contributed by atoms with Crippen LogP contribution in [0.5, 0.6) is 5.75 Å². The Morgan fingerprint density at radius 2 is 2.05 bits per heavy atom. The van der Waals surface area contributed by atoms with E-state index in [4.69, 9.17) is 10.5 Å². The number of hydrogen-bond donors (Lipinski definition) is 1. The first kappa shape index (κ1) is 17.8. The Morgan fingerprint density at radius 1 is 1.29 bits per heavy atom. The van der Waals surface area contributed by atoms with E-state index < -0.39 is 0 Å². The molecule has 0 amide bonds. The number of aromatic nitrogens is 3. The van der Waals surface area contributed by atoms with Gasteiger partial charge in [0.05, 0.1) is 13.2 Å². The molecule has 0 bridgehead atoms. The minimum atomic E-state index is 0.